The number of carbonyl (C=O) groups is 1. The molecule has 1 N–H and O–H groups in total. The highest BCUT2D eigenvalue weighted by Crippen LogP contribution is 2.25. The van der Waals surface area contributed by atoms with E-state index in [0.717, 1.165) is 28.9 Å². The maximum absolute atomic E-state index is 12.8. The van der Waals surface area contributed by atoms with Crippen LogP contribution in [0.5, 0.6) is 0 Å². The van der Waals surface area contributed by atoms with Gasteiger partial charge >= 0.3 is 0 Å². The van der Waals surface area contributed by atoms with E-state index in [1.807, 2.05) is 45.0 Å². The lowest BCUT2D eigenvalue weighted by atomic mass is 10.1. The van der Waals surface area contributed by atoms with Gasteiger partial charge in [-0.2, -0.15) is 11.8 Å². The number of anilines is 1. The number of benzene rings is 2. The fourth-order valence-corrected chi connectivity index (χ4v) is 5.38. The summed E-state index contributed by atoms with van der Waals surface area (Å²) in [5.41, 5.74) is 5.14. The van der Waals surface area contributed by atoms with E-state index < -0.39 is 16.1 Å². The van der Waals surface area contributed by atoms with Crippen LogP contribution in [0.3, 0.4) is 0 Å². The summed E-state index contributed by atoms with van der Waals surface area (Å²) < 4.78 is 26.3. The summed E-state index contributed by atoms with van der Waals surface area (Å²) in [5, 5.41) is 2.92. The van der Waals surface area contributed by atoms with Gasteiger partial charge in [0.1, 0.15) is 6.04 Å². The molecular weight excluding hydrogens is 416 g/mol. The Hall–Kier alpha value is -1.99. The molecule has 0 aliphatic heterocycles. The number of thioether (sulfide) groups is 1. The number of carbonyl (C=O) groups excluding carboxylic acids is 1. The molecule has 0 saturated carbocycles. The van der Waals surface area contributed by atoms with Crippen molar-refractivity contribution in [2.75, 3.05) is 22.9 Å². The topological polar surface area (TPSA) is 66.5 Å². The normalized spacial score (nSPS) is 12.4. The van der Waals surface area contributed by atoms with E-state index in [4.69, 9.17) is 0 Å². The first-order chi connectivity index (χ1) is 14.1. The SMILES string of the molecule is CC[C@@H](C(=O)NCCSCc1ccccc1C)N(c1ccc(C)c(C)c1)S(C)(=O)=O. The van der Waals surface area contributed by atoms with Crippen molar-refractivity contribution >= 4 is 33.4 Å². The van der Waals surface area contributed by atoms with Gasteiger partial charge in [0.25, 0.3) is 0 Å². The van der Waals surface area contributed by atoms with Gasteiger partial charge in [0, 0.05) is 18.1 Å². The molecule has 0 heterocycles. The minimum atomic E-state index is -3.61. The van der Waals surface area contributed by atoms with Crippen molar-refractivity contribution in [1.82, 2.24) is 5.32 Å². The second-order valence-electron chi connectivity index (χ2n) is 7.52. The van der Waals surface area contributed by atoms with Crippen LogP contribution in [0, 0.1) is 20.8 Å². The molecule has 7 heteroatoms. The largest absolute Gasteiger partial charge is 0.353 e. The average molecular weight is 449 g/mol. The molecule has 1 atom stereocenters. The Morgan fingerprint density at radius 2 is 1.77 bits per heavy atom. The van der Waals surface area contributed by atoms with Crippen molar-refractivity contribution in [1.29, 1.82) is 0 Å². The molecule has 2 rings (SSSR count). The van der Waals surface area contributed by atoms with Crippen LogP contribution >= 0.6 is 11.8 Å². The highest BCUT2D eigenvalue weighted by Gasteiger charge is 2.31. The summed E-state index contributed by atoms with van der Waals surface area (Å²) in [5.74, 6) is 1.38. The molecule has 0 aliphatic rings. The van der Waals surface area contributed by atoms with Crippen LogP contribution in [-0.4, -0.2) is 38.9 Å². The lowest BCUT2D eigenvalue weighted by Crippen LogP contribution is -2.49. The van der Waals surface area contributed by atoms with Gasteiger partial charge in [-0.25, -0.2) is 8.42 Å². The minimum Gasteiger partial charge on any atom is -0.353 e. The Bertz CT molecular complexity index is 974. The maximum atomic E-state index is 12.8. The smallest absolute Gasteiger partial charge is 0.243 e. The third-order valence-electron chi connectivity index (χ3n) is 5.14. The van der Waals surface area contributed by atoms with E-state index >= 15 is 0 Å². The fourth-order valence-electron chi connectivity index (χ4n) is 3.24. The van der Waals surface area contributed by atoms with Crippen molar-refractivity contribution in [2.45, 2.75) is 45.9 Å². The fraction of sp³-hybridized carbons (Fsp3) is 0.435. The predicted octanol–water partition coefficient (Wildman–Crippen LogP) is 4.21. The van der Waals surface area contributed by atoms with Crippen LogP contribution in [0.2, 0.25) is 0 Å². The highest BCUT2D eigenvalue weighted by molar-refractivity contribution is 7.98. The molecule has 0 saturated heterocycles. The molecule has 30 heavy (non-hydrogen) atoms. The van der Waals surface area contributed by atoms with Crippen LogP contribution in [0.4, 0.5) is 5.69 Å². The summed E-state index contributed by atoms with van der Waals surface area (Å²) in [7, 11) is -3.61. The number of amides is 1. The van der Waals surface area contributed by atoms with Gasteiger partial charge in [0.05, 0.1) is 11.9 Å². The number of rotatable bonds is 10. The van der Waals surface area contributed by atoms with Gasteiger partial charge in [-0.1, -0.05) is 37.3 Å². The Labute approximate surface area is 185 Å². The number of nitrogens with one attached hydrogen (secondary N) is 1. The van der Waals surface area contributed by atoms with E-state index in [-0.39, 0.29) is 5.91 Å². The van der Waals surface area contributed by atoms with Gasteiger partial charge in [-0.05, 0) is 61.6 Å². The van der Waals surface area contributed by atoms with Crippen LogP contribution in [-0.2, 0) is 20.6 Å². The van der Waals surface area contributed by atoms with Crippen LogP contribution in [0.15, 0.2) is 42.5 Å². The van der Waals surface area contributed by atoms with E-state index in [1.54, 1.807) is 17.8 Å². The first-order valence-electron chi connectivity index (χ1n) is 10.1. The zero-order chi connectivity index (χ0) is 22.3. The monoisotopic (exact) mass is 448 g/mol. The zero-order valence-electron chi connectivity index (χ0n) is 18.4. The van der Waals surface area contributed by atoms with Crippen LogP contribution < -0.4 is 9.62 Å². The highest BCUT2D eigenvalue weighted by atomic mass is 32.2. The molecule has 0 radical (unpaired) electrons. The van der Waals surface area contributed by atoms with Crippen LogP contribution in [0.1, 0.15) is 35.6 Å². The second-order valence-corrected chi connectivity index (χ2v) is 10.5. The van der Waals surface area contributed by atoms with Crippen molar-refractivity contribution in [3.05, 3.63) is 64.7 Å². The summed E-state index contributed by atoms with van der Waals surface area (Å²) in [6, 6.07) is 13.0. The first kappa shape index (κ1) is 24.3. The Morgan fingerprint density at radius 1 is 1.07 bits per heavy atom. The second kappa shape index (κ2) is 10.9. The standard InChI is InChI=1S/C23H32N2O3S2/c1-6-22(25(30(5,27)28)21-12-11-17(2)19(4)15-21)23(26)24-13-14-29-16-20-10-8-7-9-18(20)3/h7-12,15,22H,6,13-14,16H2,1-5H3,(H,24,26)/t22-/m0/s1. The molecular formula is C23H32N2O3S2. The minimum absolute atomic E-state index is 0.266. The van der Waals surface area contributed by atoms with Crippen molar-refractivity contribution in [2.24, 2.45) is 0 Å². The summed E-state index contributed by atoms with van der Waals surface area (Å²) in [6.07, 6.45) is 1.54. The van der Waals surface area contributed by atoms with Crippen molar-refractivity contribution in [3.8, 4) is 0 Å². The summed E-state index contributed by atoms with van der Waals surface area (Å²) in [6.45, 7) is 8.33. The summed E-state index contributed by atoms with van der Waals surface area (Å²) in [4.78, 5) is 12.8. The van der Waals surface area contributed by atoms with E-state index in [1.165, 1.54) is 15.4 Å². The lowest BCUT2D eigenvalue weighted by Gasteiger charge is -2.30. The Balaban J connectivity index is 2.01. The third kappa shape index (κ3) is 6.51. The van der Waals surface area contributed by atoms with E-state index in [9.17, 15) is 13.2 Å². The molecule has 0 aromatic heterocycles. The molecule has 0 bridgehead atoms. The Kier molecular flexibility index (Phi) is 8.79. The molecule has 0 unspecified atom stereocenters. The lowest BCUT2D eigenvalue weighted by molar-refractivity contribution is -0.122. The molecule has 2 aromatic carbocycles. The number of hydrogen-bond donors (Lipinski definition) is 1. The average Bonchev–Trinajstić information content (AvgIpc) is 2.68. The van der Waals surface area contributed by atoms with Gasteiger partial charge in [0.2, 0.25) is 15.9 Å². The number of sulfonamides is 1. The number of hydrogen-bond acceptors (Lipinski definition) is 4. The van der Waals surface area contributed by atoms with Gasteiger partial charge in [-0.3, -0.25) is 9.10 Å². The molecule has 1 amide bonds. The van der Waals surface area contributed by atoms with Gasteiger partial charge in [-0.15, -0.1) is 0 Å². The predicted molar refractivity (Wildman–Crippen MR) is 128 cm³/mol. The number of nitrogens with zero attached hydrogens (tertiary/aromatic N) is 1. The van der Waals surface area contributed by atoms with Crippen molar-refractivity contribution < 1.29 is 13.2 Å². The van der Waals surface area contributed by atoms with Crippen molar-refractivity contribution in [3.63, 3.8) is 0 Å². The van der Waals surface area contributed by atoms with E-state index in [0.29, 0.717) is 18.7 Å². The van der Waals surface area contributed by atoms with Gasteiger partial charge < -0.3 is 5.32 Å². The third-order valence-corrected chi connectivity index (χ3v) is 7.33. The number of aryl methyl sites for hydroxylation is 3. The summed E-state index contributed by atoms with van der Waals surface area (Å²) >= 11 is 1.75. The quantitative estimate of drug-likeness (QED) is 0.553. The molecule has 0 aliphatic carbocycles. The molecule has 164 valence electrons. The van der Waals surface area contributed by atoms with Gasteiger partial charge in [0.15, 0.2) is 0 Å². The maximum Gasteiger partial charge on any atom is 0.243 e. The van der Waals surface area contributed by atoms with E-state index in [2.05, 4.69) is 24.4 Å². The molecule has 5 nitrogen and oxygen atoms in total. The zero-order valence-corrected chi connectivity index (χ0v) is 20.1. The molecule has 0 fully saturated rings. The Morgan fingerprint density at radius 3 is 2.37 bits per heavy atom. The molecule has 2 aromatic rings. The first-order valence-corrected chi connectivity index (χ1v) is 13.1. The molecule has 0 spiro atoms. The van der Waals surface area contributed by atoms with Crippen LogP contribution in [0.25, 0.3) is 0 Å².